The van der Waals surface area contributed by atoms with E-state index in [0.29, 0.717) is 23.1 Å². The van der Waals surface area contributed by atoms with Crippen molar-refractivity contribution in [3.8, 4) is 22.8 Å². The first kappa shape index (κ1) is 29.2. The van der Waals surface area contributed by atoms with E-state index in [1.165, 1.54) is 64.2 Å². The molecule has 3 aromatic rings. The molecule has 1 heterocycles. The van der Waals surface area contributed by atoms with Gasteiger partial charge in [-0.15, -0.1) is 0 Å². The highest BCUT2D eigenvalue weighted by Gasteiger charge is 2.20. The monoisotopic (exact) mass is 524 g/mol. The maximum Gasteiger partial charge on any atom is 0.308 e. The molecule has 0 radical (unpaired) electrons. The number of aliphatic hydroxyl groups is 1. The Morgan fingerprint density at radius 2 is 1.50 bits per heavy atom. The Balaban J connectivity index is 1.62. The summed E-state index contributed by atoms with van der Waals surface area (Å²) in [7, 11) is 1.42. The average molecular weight is 525 g/mol. The van der Waals surface area contributed by atoms with E-state index in [2.05, 4.69) is 0 Å². The van der Waals surface area contributed by atoms with Crippen LogP contribution in [0.15, 0.2) is 45.6 Å². The lowest BCUT2D eigenvalue weighted by Gasteiger charge is -2.12. The Morgan fingerprint density at radius 3 is 2.11 bits per heavy atom. The van der Waals surface area contributed by atoms with Gasteiger partial charge in [-0.25, -0.2) is 0 Å². The smallest absolute Gasteiger partial charge is 0.308 e. The first-order chi connectivity index (χ1) is 18.4. The topological polar surface area (TPSA) is 117 Å². The van der Waals surface area contributed by atoms with Gasteiger partial charge in [0.05, 0.1) is 24.5 Å². The molecular weight excluding hydrogens is 484 g/mol. The van der Waals surface area contributed by atoms with Gasteiger partial charge in [0.1, 0.15) is 11.3 Å². The van der Waals surface area contributed by atoms with E-state index in [9.17, 15) is 19.8 Å². The molecule has 2 aromatic carbocycles. The number of carboxylic acids is 1. The second kappa shape index (κ2) is 15.2. The Labute approximate surface area is 224 Å². The largest absolute Gasteiger partial charge is 0.504 e. The van der Waals surface area contributed by atoms with Gasteiger partial charge in [0.2, 0.25) is 0 Å². The lowest BCUT2D eigenvalue weighted by atomic mass is 9.99. The van der Waals surface area contributed by atoms with Crippen molar-refractivity contribution in [2.45, 2.75) is 83.5 Å². The third-order valence-electron chi connectivity index (χ3n) is 6.94. The highest BCUT2D eigenvalue weighted by atomic mass is 16.5. The molecule has 3 N–H and O–H groups in total. The molecule has 0 amide bonds. The van der Waals surface area contributed by atoms with Gasteiger partial charge in [-0.3, -0.25) is 9.59 Å². The van der Waals surface area contributed by atoms with Crippen molar-refractivity contribution < 1.29 is 29.3 Å². The summed E-state index contributed by atoms with van der Waals surface area (Å²) in [5.41, 5.74) is 1.61. The molecule has 0 spiro atoms. The second-order valence-corrected chi connectivity index (χ2v) is 9.89. The molecule has 1 aromatic heterocycles. The van der Waals surface area contributed by atoms with E-state index in [-0.39, 0.29) is 28.3 Å². The lowest BCUT2D eigenvalue weighted by Crippen LogP contribution is -2.15. The summed E-state index contributed by atoms with van der Waals surface area (Å²) in [5.74, 6) is -0.812. The van der Waals surface area contributed by atoms with Crippen molar-refractivity contribution in [1.82, 2.24) is 0 Å². The van der Waals surface area contributed by atoms with Crippen LogP contribution in [-0.4, -0.2) is 35.0 Å². The standard InChI is InChI=1S/C31H40O7/c1-37-28-20-23(15-16-26(28)33)31-25(21-29(34)35)30(36)24-19-22(14-17-27(24)38-31)13-11-9-7-5-3-2-4-6-8-10-12-18-32/h14-17,19-20,32-33H,2-13,18,21H2,1H3,(H,34,35). The minimum atomic E-state index is -1.12. The summed E-state index contributed by atoms with van der Waals surface area (Å²) in [5, 5.41) is 28.6. The molecule has 0 fully saturated rings. The third kappa shape index (κ3) is 8.35. The number of phenols is 1. The van der Waals surface area contributed by atoms with Gasteiger partial charge >= 0.3 is 5.97 Å². The number of fused-ring (bicyclic) bond motifs is 1. The predicted octanol–water partition coefficient (Wildman–Crippen LogP) is 6.63. The van der Waals surface area contributed by atoms with E-state index < -0.39 is 12.4 Å². The number of hydrogen-bond donors (Lipinski definition) is 3. The number of aromatic hydroxyl groups is 1. The maximum atomic E-state index is 13.4. The van der Waals surface area contributed by atoms with Gasteiger partial charge < -0.3 is 24.5 Å². The first-order valence-electron chi connectivity index (χ1n) is 13.7. The molecule has 0 atom stereocenters. The van der Waals surface area contributed by atoms with Gasteiger partial charge in [0.25, 0.3) is 0 Å². The lowest BCUT2D eigenvalue weighted by molar-refractivity contribution is -0.136. The van der Waals surface area contributed by atoms with Crippen molar-refractivity contribution in [3.63, 3.8) is 0 Å². The minimum absolute atomic E-state index is 0.0610. The number of phenolic OH excluding ortho intramolecular Hbond substituents is 1. The number of aliphatic hydroxyl groups excluding tert-OH is 1. The molecule has 0 saturated carbocycles. The summed E-state index contributed by atoms with van der Waals surface area (Å²) < 4.78 is 11.2. The number of carboxylic acid groups (broad SMARTS) is 1. The van der Waals surface area contributed by atoms with Crippen molar-refractivity contribution in [2.24, 2.45) is 0 Å². The maximum absolute atomic E-state index is 13.4. The van der Waals surface area contributed by atoms with Gasteiger partial charge in [-0.05, 0) is 55.2 Å². The zero-order valence-corrected chi connectivity index (χ0v) is 22.3. The fourth-order valence-electron chi connectivity index (χ4n) is 4.83. The van der Waals surface area contributed by atoms with Crippen LogP contribution in [0.1, 0.15) is 81.8 Å². The number of unbranched alkanes of at least 4 members (excludes halogenated alkanes) is 10. The Kier molecular flexibility index (Phi) is 11.7. The van der Waals surface area contributed by atoms with Crippen LogP contribution in [0.4, 0.5) is 0 Å². The van der Waals surface area contributed by atoms with Crippen LogP contribution < -0.4 is 10.2 Å². The SMILES string of the molecule is COc1cc(-c2oc3ccc(CCCCCCCCCCCCCO)cc3c(=O)c2CC(=O)O)ccc1O. The van der Waals surface area contributed by atoms with Crippen LogP contribution >= 0.6 is 0 Å². The van der Waals surface area contributed by atoms with E-state index in [1.54, 1.807) is 12.1 Å². The molecule has 0 aliphatic heterocycles. The number of benzene rings is 2. The van der Waals surface area contributed by atoms with Crippen LogP contribution in [0.25, 0.3) is 22.3 Å². The summed E-state index contributed by atoms with van der Waals surface area (Å²) in [6, 6.07) is 10.1. The van der Waals surface area contributed by atoms with Crippen LogP contribution in [0.3, 0.4) is 0 Å². The van der Waals surface area contributed by atoms with Crippen molar-refractivity contribution in [3.05, 3.63) is 57.7 Å². The quantitative estimate of drug-likeness (QED) is 0.170. The van der Waals surface area contributed by atoms with Crippen LogP contribution in [0.5, 0.6) is 11.5 Å². The third-order valence-corrected chi connectivity index (χ3v) is 6.94. The van der Waals surface area contributed by atoms with Crippen LogP contribution in [0, 0.1) is 0 Å². The number of hydrogen-bond acceptors (Lipinski definition) is 6. The zero-order valence-electron chi connectivity index (χ0n) is 22.3. The molecule has 7 nitrogen and oxygen atoms in total. The number of rotatable bonds is 17. The predicted molar refractivity (Wildman–Crippen MR) is 149 cm³/mol. The number of methoxy groups -OCH3 is 1. The molecule has 0 saturated heterocycles. The van der Waals surface area contributed by atoms with Crippen molar-refractivity contribution >= 4 is 16.9 Å². The molecule has 38 heavy (non-hydrogen) atoms. The number of ether oxygens (including phenoxy) is 1. The van der Waals surface area contributed by atoms with Gasteiger partial charge in [-0.1, -0.05) is 63.9 Å². The molecule has 3 rings (SSSR count). The fraction of sp³-hybridized carbons (Fsp3) is 0.484. The van der Waals surface area contributed by atoms with Crippen LogP contribution in [-0.2, 0) is 17.6 Å². The Morgan fingerprint density at radius 1 is 0.868 bits per heavy atom. The molecule has 206 valence electrons. The first-order valence-corrected chi connectivity index (χ1v) is 13.7. The van der Waals surface area contributed by atoms with Crippen molar-refractivity contribution in [2.75, 3.05) is 13.7 Å². The fourth-order valence-corrected chi connectivity index (χ4v) is 4.83. The molecule has 0 unspecified atom stereocenters. The van der Waals surface area contributed by atoms with Gasteiger partial charge in [-0.2, -0.15) is 0 Å². The molecule has 0 aliphatic carbocycles. The second-order valence-electron chi connectivity index (χ2n) is 9.89. The van der Waals surface area contributed by atoms with Crippen molar-refractivity contribution in [1.29, 1.82) is 0 Å². The Bertz CT molecular complexity index is 1240. The van der Waals surface area contributed by atoms with E-state index >= 15 is 0 Å². The van der Waals surface area contributed by atoms with Gasteiger partial charge in [0, 0.05) is 12.2 Å². The van der Waals surface area contributed by atoms with Crippen LogP contribution in [0.2, 0.25) is 0 Å². The van der Waals surface area contributed by atoms with E-state index in [4.69, 9.17) is 14.3 Å². The summed E-state index contributed by atoms with van der Waals surface area (Å²) in [6.45, 7) is 0.302. The number of aryl methyl sites for hydroxylation is 1. The highest BCUT2D eigenvalue weighted by Crippen LogP contribution is 2.34. The highest BCUT2D eigenvalue weighted by molar-refractivity contribution is 5.84. The summed E-state index contributed by atoms with van der Waals surface area (Å²) in [4.78, 5) is 25.0. The average Bonchev–Trinajstić information content (AvgIpc) is 2.91. The van der Waals surface area contributed by atoms with Gasteiger partial charge in [0.15, 0.2) is 16.9 Å². The molecule has 7 heteroatoms. The summed E-state index contributed by atoms with van der Waals surface area (Å²) >= 11 is 0. The molecule has 0 bridgehead atoms. The van der Waals surface area contributed by atoms with E-state index in [1.807, 2.05) is 12.1 Å². The van der Waals surface area contributed by atoms with E-state index in [0.717, 1.165) is 37.7 Å². The normalized spacial score (nSPS) is 11.2. The number of aliphatic carboxylic acids is 1. The minimum Gasteiger partial charge on any atom is -0.504 e. The molecular formula is C31H40O7. The number of carbonyl (C=O) groups is 1. The molecule has 0 aliphatic rings. The summed E-state index contributed by atoms with van der Waals surface area (Å²) in [6.07, 6.45) is 13.3. The Hall–Kier alpha value is -3.32. The zero-order chi connectivity index (χ0) is 27.3.